The summed E-state index contributed by atoms with van der Waals surface area (Å²) >= 11 is 11.8. The largest absolute Gasteiger partial charge is 0.488 e. The molecule has 0 amide bonds. The molecule has 0 saturated heterocycles. The van der Waals surface area contributed by atoms with E-state index in [1.54, 1.807) is 0 Å². The molecule has 0 spiro atoms. The molecular formula is C18H16Cl2O. The van der Waals surface area contributed by atoms with E-state index in [1.165, 1.54) is 0 Å². The first-order chi connectivity index (χ1) is 10.2. The summed E-state index contributed by atoms with van der Waals surface area (Å²) < 4.78 is 5.85. The highest BCUT2D eigenvalue weighted by Gasteiger charge is 2.04. The van der Waals surface area contributed by atoms with Gasteiger partial charge in [-0.05, 0) is 30.7 Å². The summed E-state index contributed by atoms with van der Waals surface area (Å²) in [6.07, 6.45) is 0.666. The fraction of sp³-hybridized carbons (Fsp3) is 0.222. The van der Waals surface area contributed by atoms with E-state index in [0.29, 0.717) is 18.9 Å². The van der Waals surface area contributed by atoms with Gasteiger partial charge in [0.15, 0.2) is 0 Å². The van der Waals surface area contributed by atoms with Crippen molar-refractivity contribution >= 4 is 23.2 Å². The van der Waals surface area contributed by atoms with Crippen molar-refractivity contribution in [1.29, 1.82) is 0 Å². The molecule has 21 heavy (non-hydrogen) atoms. The minimum Gasteiger partial charge on any atom is -0.488 e. The number of para-hydroxylation sites is 1. The van der Waals surface area contributed by atoms with Crippen LogP contribution >= 0.6 is 23.2 Å². The quantitative estimate of drug-likeness (QED) is 0.555. The molecule has 0 aliphatic carbocycles. The summed E-state index contributed by atoms with van der Waals surface area (Å²) in [5.74, 6) is 7.40. The Labute approximate surface area is 135 Å². The van der Waals surface area contributed by atoms with Gasteiger partial charge in [-0.2, -0.15) is 0 Å². The van der Waals surface area contributed by atoms with Gasteiger partial charge in [0.2, 0.25) is 0 Å². The molecule has 2 aromatic carbocycles. The standard InChI is InChI=1S/C18H16Cl2O/c1-14-9-10-16(17(20)12-14)13-21-18-8-3-2-6-15(18)7-4-5-11-19/h2-3,6,8-10,12H,5,11,13H2,1H3. The predicted octanol–water partition coefficient (Wildman–Crippen LogP) is 5.21. The number of benzene rings is 2. The van der Waals surface area contributed by atoms with Crippen LogP contribution in [0.2, 0.25) is 5.02 Å². The number of alkyl halides is 1. The molecule has 0 aliphatic heterocycles. The van der Waals surface area contributed by atoms with Crippen molar-refractivity contribution in [2.24, 2.45) is 0 Å². The molecule has 0 aromatic heterocycles. The van der Waals surface area contributed by atoms with Crippen LogP contribution in [0.5, 0.6) is 5.75 Å². The van der Waals surface area contributed by atoms with Crippen LogP contribution in [0.15, 0.2) is 42.5 Å². The zero-order valence-electron chi connectivity index (χ0n) is 11.8. The smallest absolute Gasteiger partial charge is 0.135 e. The number of hydrogen-bond acceptors (Lipinski definition) is 1. The molecule has 108 valence electrons. The minimum absolute atomic E-state index is 0.424. The van der Waals surface area contributed by atoms with Crippen LogP contribution in [-0.2, 0) is 6.61 Å². The third kappa shape index (κ3) is 4.70. The lowest BCUT2D eigenvalue weighted by Gasteiger charge is -2.10. The van der Waals surface area contributed by atoms with Crippen molar-refractivity contribution in [2.45, 2.75) is 20.0 Å². The van der Waals surface area contributed by atoms with Gasteiger partial charge in [0.25, 0.3) is 0 Å². The summed E-state index contributed by atoms with van der Waals surface area (Å²) in [6.45, 7) is 2.44. The van der Waals surface area contributed by atoms with E-state index >= 15 is 0 Å². The average molecular weight is 319 g/mol. The van der Waals surface area contributed by atoms with E-state index in [0.717, 1.165) is 27.5 Å². The summed E-state index contributed by atoms with van der Waals surface area (Å²) in [7, 11) is 0. The Kier molecular flexibility index (Phi) is 5.99. The fourth-order valence-electron chi connectivity index (χ4n) is 1.83. The van der Waals surface area contributed by atoms with Gasteiger partial charge < -0.3 is 4.74 Å². The Bertz CT molecular complexity index is 668. The van der Waals surface area contributed by atoms with Crippen molar-refractivity contribution in [3.8, 4) is 17.6 Å². The highest BCUT2D eigenvalue weighted by Crippen LogP contribution is 2.22. The third-order valence-electron chi connectivity index (χ3n) is 2.92. The zero-order chi connectivity index (χ0) is 15.1. The van der Waals surface area contributed by atoms with Crippen LogP contribution in [-0.4, -0.2) is 5.88 Å². The number of rotatable bonds is 4. The molecule has 0 saturated carbocycles. The normalized spacial score (nSPS) is 9.86. The highest BCUT2D eigenvalue weighted by atomic mass is 35.5. The van der Waals surface area contributed by atoms with Crippen LogP contribution in [0.4, 0.5) is 0 Å². The maximum Gasteiger partial charge on any atom is 0.135 e. The highest BCUT2D eigenvalue weighted by molar-refractivity contribution is 6.31. The van der Waals surface area contributed by atoms with Crippen LogP contribution < -0.4 is 4.74 Å². The molecule has 0 aliphatic rings. The minimum atomic E-state index is 0.424. The molecule has 0 heterocycles. The second-order valence-electron chi connectivity index (χ2n) is 4.62. The lowest BCUT2D eigenvalue weighted by atomic mass is 10.1. The van der Waals surface area contributed by atoms with Crippen LogP contribution in [0.3, 0.4) is 0 Å². The lowest BCUT2D eigenvalue weighted by molar-refractivity contribution is 0.305. The number of hydrogen-bond donors (Lipinski definition) is 0. The average Bonchev–Trinajstić information content (AvgIpc) is 2.48. The van der Waals surface area contributed by atoms with Crippen molar-refractivity contribution in [3.63, 3.8) is 0 Å². The summed E-state index contributed by atoms with van der Waals surface area (Å²) in [5.41, 5.74) is 2.97. The van der Waals surface area contributed by atoms with Gasteiger partial charge in [-0.15, -0.1) is 11.6 Å². The Balaban J connectivity index is 2.11. The molecule has 2 aromatic rings. The van der Waals surface area contributed by atoms with Gasteiger partial charge in [0, 0.05) is 22.9 Å². The lowest BCUT2D eigenvalue weighted by Crippen LogP contribution is -1.98. The van der Waals surface area contributed by atoms with Crippen LogP contribution in [0.1, 0.15) is 23.1 Å². The summed E-state index contributed by atoms with van der Waals surface area (Å²) in [4.78, 5) is 0. The zero-order valence-corrected chi connectivity index (χ0v) is 13.3. The maximum atomic E-state index is 6.22. The predicted molar refractivity (Wildman–Crippen MR) is 89.2 cm³/mol. The van der Waals surface area contributed by atoms with Gasteiger partial charge in [0.1, 0.15) is 12.4 Å². The van der Waals surface area contributed by atoms with Crippen molar-refractivity contribution in [1.82, 2.24) is 0 Å². The van der Waals surface area contributed by atoms with E-state index in [1.807, 2.05) is 49.4 Å². The van der Waals surface area contributed by atoms with Crippen molar-refractivity contribution in [2.75, 3.05) is 5.88 Å². The van der Waals surface area contributed by atoms with E-state index < -0.39 is 0 Å². The molecule has 0 radical (unpaired) electrons. The Morgan fingerprint density at radius 2 is 1.95 bits per heavy atom. The van der Waals surface area contributed by atoms with Crippen molar-refractivity contribution < 1.29 is 4.74 Å². The van der Waals surface area contributed by atoms with E-state index in [9.17, 15) is 0 Å². The Hall–Kier alpha value is -1.62. The summed E-state index contributed by atoms with van der Waals surface area (Å²) in [6, 6.07) is 13.7. The van der Waals surface area contributed by atoms with Crippen LogP contribution in [0.25, 0.3) is 0 Å². The van der Waals surface area contributed by atoms with Crippen LogP contribution in [0, 0.1) is 18.8 Å². The topological polar surface area (TPSA) is 9.23 Å². The molecule has 3 heteroatoms. The Morgan fingerprint density at radius 3 is 2.71 bits per heavy atom. The SMILES string of the molecule is Cc1ccc(COc2ccccc2C#CCCCl)c(Cl)c1. The fourth-order valence-corrected chi connectivity index (χ4v) is 2.21. The molecule has 0 N–H and O–H groups in total. The molecule has 1 nitrogen and oxygen atoms in total. The first kappa shape index (κ1) is 15.8. The van der Waals surface area contributed by atoms with Crippen molar-refractivity contribution in [3.05, 3.63) is 64.2 Å². The number of aryl methyl sites for hydroxylation is 1. The molecule has 0 unspecified atom stereocenters. The van der Waals surface area contributed by atoms with Gasteiger partial charge in [-0.1, -0.05) is 47.7 Å². The monoisotopic (exact) mass is 318 g/mol. The third-order valence-corrected chi connectivity index (χ3v) is 3.46. The van der Waals surface area contributed by atoms with Gasteiger partial charge >= 0.3 is 0 Å². The first-order valence-electron chi connectivity index (χ1n) is 6.72. The first-order valence-corrected chi connectivity index (χ1v) is 7.63. The molecule has 0 atom stereocenters. The Morgan fingerprint density at radius 1 is 1.14 bits per heavy atom. The molecule has 0 fully saturated rings. The number of halogens is 2. The van der Waals surface area contributed by atoms with E-state index in [-0.39, 0.29) is 0 Å². The van der Waals surface area contributed by atoms with E-state index in [4.69, 9.17) is 27.9 Å². The van der Waals surface area contributed by atoms with Gasteiger partial charge in [-0.3, -0.25) is 0 Å². The van der Waals surface area contributed by atoms with E-state index in [2.05, 4.69) is 11.8 Å². The number of ether oxygens (including phenoxy) is 1. The van der Waals surface area contributed by atoms with Gasteiger partial charge in [0.05, 0.1) is 5.56 Å². The van der Waals surface area contributed by atoms with Gasteiger partial charge in [-0.25, -0.2) is 0 Å². The summed E-state index contributed by atoms with van der Waals surface area (Å²) in [5, 5.41) is 0.723. The second-order valence-corrected chi connectivity index (χ2v) is 5.41. The second kappa shape index (κ2) is 7.98. The molecule has 0 bridgehead atoms. The maximum absolute atomic E-state index is 6.22. The molecule has 2 rings (SSSR count). The molecular weight excluding hydrogens is 303 g/mol.